The van der Waals surface area contributed by atoms with E-state index in [1.165, 1.54) is 6.08 Å². The second-order valence-corrected chi connectivity index (χ2v) is 8.79. The Labute approximate surface area is 135 Å². The van der Waals surface area contributed by atoms with Crippen molar-refractivity contribution in [1.29, 1.82) is 0 Å². The highest BCUT2D eigenvalue weighted by molar-refractivity contribution is 6.74. The van der Waals surface area contributed by atoms with E-state index >= 15 is 0 Å². The third kappa shape index (κ3) is 7.51. The van der Waals surface area contributed by atoms with Gasteiger partial charge in [-0.3, -0.25) is 9.59 Å². The normalized spacial score (nSPS) is 18.0. The first kappa shape index (κ1) is 19.3. The van der Waals surface area contributed by atoms with E-state index in [1.807, 2.05) is 0 Å². The zero-order chi connectivity index (χ0) is 16.6. The maximum Gasteiger partial charge on any atom is 0.990 e. The van der Waals surface area contributed by atoms with Crippen LogP contribution in [0.2, 0.25) is 0 Å². The topological polar surface area (TPSA) is 123 Å². The Morgan fingerprint density at radius 2 is 1.95 bits per heavy atom. The van der Waals surface area contributed by atoms with Crippen LogP contribution >= 0.6 is 0 Å². The number of carbonyl (C=O) groups is 2. The second-order valence-electron chi connectivity index (χ2n) is 4.99. The Morgan fingerprint density at radius 3 is 2.50 bits per heavy atom. The number of carbonyl (C=O) groups excluding carboxylic acids is 1. The highest BCUT2D eigenvalue weighted by atomic mass is 28.4. The highest BCUT2D eigenvalue weighted by Crippen LogP contribution is 2.19. The molecule has 1 unspecified atom stereocenters. The summed E-state index contributed by atoms with van der Waals surface area (Å²) in [7, 11) is -4.04. The minimum Gasteiger partial charge on any atom is -0.572 e. The molecule has 1 saturated heterocycles. The summed E-state index contributed by atoms with van der Waals surface area (Å²) in [5.74, 6) is -2.84. The predicted octanol–water partition coefficient (Wildman–Crippen LogP) is 0.599. The molecule has 1 heterocycles. The molecule has 0 saturated carbocycles. The van der Waals surface area contributed by atoms with E-state index in [0.29, 0.717) is 0 Å². The van der Waals surface area contributed by atoms with Crippen LogP contribution in [0.25, 0.3) is 0 Å². The summed E-state index contributed by atoms with van der Waals surface area (Å²) in [6.07, 6.45) is 7.99. The molecule has 1 aliphatic heterocycles. The van der Waals surface area contributed by atoms with Crippen molar-refractivity contribution in [2.75, 3.05) is 0 Å². The van der Waals surface area contributed by atoms with Crippen LogP contribution in [0, 0.1) is 5.92 Å². The lowest BCUT2D eigenvalue weighted by molar-refractivity contribution is -0.148. The van der Waals surface area contributed by atoms with Gasteiger partial charge in [0.1, 0.15) is 0 Å². The van der Waals surface area contributed by atoms with Crippen LogP contribution in [0.5, 0.6) is 0 Å². The highest BCUT2D eigenvalue weighted by Gasteiger charge is 2.64. The molecule has 1 fully saturated rings. The molecule has 0 aromatic heterocycles. The molecule has 0 bridgehead atoms. The Balaban J connectivity index is 2.40. The third-order valence-electron chi connectivity index (χ3n) is 3.00. The number of aliphatic carboxylic acids is 1. The first-order valence-corrected chi connectivity index (χ1v) is 10.4. The van der Waals surface area contributed by atoms with Crippen molar-refractivity contribution in [2.45, 2.75) is 45.4 Å². The van der Waals surface area contributed by atoms with Crippen LogP contribution in [0.15, 0.2) is 12.2 Å². The van der Waals surface area contributed by atoms with Gasteiger partial charge in [0.25, 0.3) is 5.97 Å². The van der Waals surface area contributed by atoms with Crippen LogP contribution in [-0.4, -0.2) is 50.8 Å². The largest absolute Gasteiger partial charge is 0.990 e. The van der Waals surface area contributed by atoms with E-state index in [0.717, 1.165) is 32.1 Å². The third-order valence-corrected chi connectivity index (χ3v) is 7.42. The van der Waals surface area contributed by atoms with Crippen LogP contribution < -0.4 is 0 Å². The summed E-state index contributed by atoms with van der Waals surface area (Å²) in [4.78, 5) is 40.5. The zero-order valence-electron chi connectivity index (χ0n) is 12.4. The van der Waals surface area contributed by atoms with E-state index in [2.05, 4.69) is 13.9 Å². The molecule has 0 radical (unpaired) electrons. The van der Waals surface area contributed by atoms with E-state index in [4.69, 9.17) is 18.5 Å². The van der Waals surface area contributed by atoms with Gasteiger partial charge in [0.2, 0.25) is 0 Å². The van der Waals surface area contributed by atoms with Gasteiger partial charge in [0, 0.05) is 0 Å². The minimum absolute atomic E-state index is 0.397. The summed E-state index contributed by atoms with van der Waals surface area (Å²) in [5, 5.41) is 8.83. The summed E-state index contributed by atoms with van der Waals surface area (Å²) in [6, 6.07) is 0. The fourth-order valence-electron chi connectivity index (χ4n) is 1.86. The van der Waals surface area contributed by atoms with Gasteiger partial charge < -0.3 is 25.4 Å². The minimum atomic E-state index is -4.04. The number of hydrogen-bond donors (Lipinski definition) is 3. The number of hydrogen-bond acceptors (Lipinski definition) is 7. The van der Waals surface area contributed by atoms with Crippen LogP contribution in [0.1, 0.15) is 45.4 Å². The van der Waals surface area contributed by atoms with Crippen molar-refractivity contribution < 1.29 is 35.0 Å². The maximum absolute atomic E-state index is 11.8. The standard InChI is InChI=1S/C12H20O4.Al.H2O4Si/c1-2-3-4-5-6-7-8-10(12(15)16)9-11(13)14;;1-5(2,3)4/h7-8,10H,2-6,9H2,1H3,(H,13,14)(H,15,16);;1-2H/q;+3;-2/p-1. The predicted molar refractivity (Wildman–Crippen MR) is 77.8 cm³/mol. The monoisotopic (exact) mass is 348 g/mol. The van der Waals surface area contributed by atoms with Crippen LogP contribution in [0.4, 0.5) is 0 Å². The molecule has 124 valence electrons. The molecule has 0 spiro atoms. The van der Waals surface area contributed by atoms with Gasteiger partial charge in [-0.05, 0) is 12.8 Å². The average Bonchev–Trinajstić information content (AvgIpc) is 2.38. The summed E-state index contributed by atoms with van der Waals surface area (Å²) < 4.78 is 14.0. The number of unbranched alkanes of at least 4 members (excludes halogenated alkanes) is 4. The second kappa shape index (κ2) is 9.42. The molecule has 22 heavy (non-hydrogen) atoms. The van der Waals surface area contributed by atoms with E-state index in [1.54, 1.807) is 6.08 Å². The first-order chi connectivity index (χ1) is 10.3. The van der Waals surface area contributed by atoms with E-state index in [-0.39, 0.29) is 0 Å². The van der Waals surface area contributed by atoms with Crippen molar-refractivity contribution in [3.05, 3.63) is 12.2 Å². The molecule has 0 amide bonds. The molecule has 3 N–H and O–H groups in total. The van der Waals surface area contributed by atoms with Crippen molar-refractivity contribution in [3.8, 4) is 0 Å². The fraction of sp³-hybridized carbons (Fsp3) is 0.667. The quantitative estimate of drug-likeness (QED) is 0.298. The fourth-order valence-corrected chi connectivity index (χ4v) is 4.68. The number of rotatable bonds is 10. The number of carboxylic acids is 1. The SMILES string of the molecule is CCCCCCC=CC(CC(=O)O)C(=O)[O][Al]1[O][Si](O)(O)[O]1. The van der Waals surface area contributed by atoms with Crippen molar-refractivity contribution in [3.63, 3.8) is 0 Å². The van der Waals surface area contributed by atoms with Gasteiger partial charge in [0.05, 0.1) is 12.3 Å². The summed E-state index contributed by atoms with van der Waals surface area (Å²) in [6.45, 7) is 2.11. The van der Waals surface area contributed by atoms with Crippen molar-refractivity contribution in [2.24, 2.45) is 5.92 Å². The number of carboxylic acid groups (broad SMARTS) is 1. The smallest absolute Gasteiger partial charge is 0.572 e. The molecule has 1 aliphatic rings. The zero-order valence-corrected chi connectivity index (χ0v) is 14.6. The lowest BCUT2D eigenvalue weighted by atomic mass is 10.0. The van der Waals surface area contributed by atoms with Crippen molar-refractivity contribution in [1.82, 2.24) is 0 Å². The summed E-state index contributed by atoms with van der Waals surface area (Å²) >= 11 is -2.86. The van der Waals surface area contributed by atoms with Gasteiger partial charge in [-0.1, -0.05) is 38.3 Å². The molecule has 10 heteroatoms. The molecule has 0 aromatic rings. The molecular formula is C12H21AlO8Si. The number of allylic oxidation sites excluding steroid dienone is 1. The van der Waals surface area contributed by atoms with Gasteiger partial charge >= 0.3 is 30.2 Å². The Morgan fingerprint density at radius 1 is 1.27 bits per heavy atom. The van der Waals surface area contributed by atoms with Gasteiger partial charge in [-0.25, -0.2) is 0 Å². The Hall–Kier alpha value is -0.731. The Bertz CT molecular complexity index is 406. The molecule has 8 nitrogen and oxygen atoms in total. The van der Waals surface area contributed by atoms with Crippen LogP contribution in [0.3, 0.4) is 0 Å². The summed E-state index contributed by atoms with van der Waals surface area (Å²) in [5.41, 5.74) is 0. The van der Waals surface area contributed by atoms with Crippen molar-refractivity contribution >= 4 is 36.1 Å². The molecule has 1 atom stereocenters. The lowest BCUT2D eigenvalue weighted by Crippen LogP contribution is -2.64. The maximum atomic E-state index is 11.8. The van der Waals surface area contributed by atoms with Gasteiger partial charge in [-0.15, -0.1) is 0 Å². The molecular weight excluding hydrogens is 327 g/mol. The lowest BCUT2D eigenvalue weighted by Gasteiger charge is -2.31. The van der Waals surface area contributed by atoms with E-state index in [9.17, 15) is 9.59 Å². The average molecular weight is 348 g/mol. The van der Waals surface area contributed by atoms with E-state index < -0.39 is 48.5 Å². The first-order valence-electron chi connectivity index (χ1n) is 7.23. The Kier molecular flexibility index (Phi) is 8.27. The van der Waals surface area contributed by atoms with Crippen LogP contribution in [-0.2, 0) is 20.3 Å². The molecule has 0 aliphatic carbocycles. The molecule has 0 aromatic carbocycles. The van der Waals surface area contributed by atoms with Gasteiger partial charge in [-0.2, -0.15) is 0 Å². The van der Waals surface area contributed by atoms with Gasteiger partial charge in [0.15, 0.2) is 0 Å². The molecule has 1 rings (SSSR count).